The van der Waals surface area contributed by atoms with E-state index in [1.165, 1.54) is 128 Å². The number of rotatable bonds is 19. The second-order valence-corrected chi connectivity index (χ2v) is 8.50. The molecule has 1 aromatic rings. The lowest BCUT2D eigenvalue weighted by Crippen LogP contribution is -3.00. The molecule has 1 nitrogen and oxygen atoms in total. The van der Waals surface area contributed by atoms with E-state index in [2.05, 4.69) is 42.9 Å². The Morgan fingerprint density at radius 2 is 0.929 bits per heavy atom. The van der Waals surface area contributed by atoms with Crippen LogP contribution in [0.15, 0.2) is 24.5 Å². The fourth-order valence-corrected chi connectivity index (χ4v) is 3.87. The van der Waals surface area contributed by atoms with Gasteiger partial charge in [0, 0.05) is 18.6 Å². The number of aromatic nitrogens is 1. The Morgan fingerprint density at radius 3 is 1.39 bits per heavy atom. The maximum atomic E-state index is 2.37. The summed E-state index contributed by atoms with van der Waals surface area (Å²) in [6.45, 7) is 5.77. The molecule has 0 amide bonds. The van der Waals surface area contributed by atoms with Gasteiger partial charge in [-0.1, -0.05) is 104 Å². The molecule has 1 heterocycles. The normalized spacial score (nSPS) is 10.8. The lowest BCUT2D eigenvalue weighted by molar-refractivity contribution is -0.697. The molecule has 0 saturated carbocycles. The minimum atomic E-state index is 0. The van der Waals surface area contributed by atoms with Crippen LogP contribution in [0, 0.1) is 0 Å². The van der Waals surface area contributed by atoms with Crippen molar-refractivity contribution in [3.05, 3.63) is 30.1 Å². The minimum absolute atomic E-state index is 0. The minimum Gasteiger partial charge on any atom is -1.00 e. The zero-order chi connectivity index (χ0) is 19.4. The molecule has 0 saturated heterocycles. The molecule has 0 aliphatic carbocycles. The molecule has 0 bridgehead atoms. The predicted octanol–water partition coefficient (Wildman–Crippen LogP) is 5.19. The predicted molar refractivity (Wildman–Crippen MR) is 120 cm³/mol. The molecule has 28 heavy (non-hydrogen) atoms. The highest BCUT2D eigenvalue weighted by Crippen LogP contribution is 2.11. The Balaban J connectivity index is 0.00000729. The van der Waals surface area contributed by atoms with E-state index in [-0.39, 0.29) is 12.4 Å². The lowest BCUT2D eigenvalue weighted by Gasteiger charge is -2.03. The molecule has 2 heteroatoms. The second kappa shape index (κ2) is 21.2. The molecule has 0 spiro atoms. The van der Waals surface area contributed by atoms with E-state index in [0.717, 1.165) is 0 Å². The fraction of sp³-hybridized carbons (Fsp3) is 0.808. The van der Waals surface area contributed by atoms with E-state index >= 15 is 0 Å². The summed E-state index contributed by atoms with van der Waals surface area (Å²) >= 11 is 0. The van der Waals surface area contributed by atoms with Crippen LogP contribution < -0.4 is 17.0 Å². The third kappa shape index (κ3) is 16.4. The van der Waals surface area contributed by atoms with Gasteiger partial charge in [0.2, 0.25) is 0 Å². The second-order valence-electron chi connectivity index (χ2n) is 8.50. The van der Waals surface area contributed by atoms with Crippen LogP contribution >= 0.6 is 0 Å². The SMILES string of the molecule is CCCCCCCCCCCC[n+]1ccc(CCCCCCCCC)cc1.[Cl-]. The largest absolute Gasteiger partial charge is 1.00 e. The molecule has 164 valence electrons. The summed E-state index contributed by atoms with van der Waals surface area (Å²) in [4.78, 5) is 0. The van der Waals surface area contributed by atoms with Gasteiger partial charge < -0.3 is 12.4 Å². The summed E-state index contributed by atoms with van der Waals surface area (Å²) < 4.78 is 2.37. The van der Waals surface area contributed by atoms with Gasteiger partial charge in [0.25, 0.3) is 0 Å². The van der Waals surface area contributed by atoms with Crippen molar-refractivity contribution in [3.8, 4) is 0 Å². The monoisotopic (exact) mass is 409 g/mol. The van der Waals surface area contributed by atoms with E-state index in [0.29, 0.717) is 0 Å². The van der Waals surface area contributed by atoms with Crippen molar-refractivity contribution in [2.24, 2.45) is 0 Å². The van der Waals surface area contributed by atoms with Crippen molar-refractivity contribution in [1.29, 1.82) is 0 Å². The maximum Gasteiger partial charge on any atom is 0.169 e. The van der Waals surface area contributed by atoms with Crippen molar-refractivity contribution < 1.29 is 17.0 Å². The highest BCUT2D eigenvalue weighted by Gasteiger charge is 2.01. The van der Waals surface area contributed by atoms with Gasteiger partial charge in [-0.2, -0.15) is 0 Å². The van der Waals surface area contributed by atoms with Crippen LogP contribution in [0.3, 0.4) is 0 Å². The number of pyridine rings is 1. The Hall–Kier alpha value is -0.560. The topological polar surface area (TPSA) is 3.88 Å². The number of unbranched alkanes of at least 4 members (excludes halogenated alkanes) is 15. The summed E-state index contributed by atoms with van der Waals surface area (Å²) in [6.07, 6.45) is 29.8. The number of aryl methyl sites for hydroxylation is 2. The van der Waals surface area contributed by atoms with E-state index in [1.54, 1.807) is 0 Å². The van der Waals surface area contributed by atoms with Crippen molar-refractivity contribution in [2.75, 3.05) is 0 Å². The van der Waals surface area contributed by atoms with E-state index < -0.39 is 0 Å². The Morgan fingerprint density at radius 1 is 0.536 bits per heavy atom. The molecular formula is C26H48ClN. The van der Waals surface area contributed by atoms with Gasteiger partial charge in [-0.15, -0.1) is 0 Å². The number of hydrogen-bond acceptors (Lipinski definition) is 0. The molecule has 0 atom stereocenters. The summed E-state index contributed by atoms with van der Waals surface area (Å²) in [5, 5.41) is 0. The first-order chi connectivity index (χ1) is 13.4. The van der Waals surface area contributed by atoms with E-state index in [9.17, 15) is 0 Å². The smallest absolute Gasteiger partial charge is 0.169 e. The van der Waals surface area contributed by atoms with Crippen molar-refractivity contribution in [3.63, 3.8) is 0 Å². The van der Waals surface area contributed by atoms with Gasteiger partial charge in [-0.25, -0.2) is 4.57 Å². The average molecular weight is 410 g/mol. The van der Waals surface area contributed by atoms with Gasteiger partial charge in [-0.3, -0.25) is 0 Å². The molecule has 1 rings (SSSR count). The third-order valence-corrected chi connectivity index (χ3v) is 5.80. The first kappa shape index (κ1) is 27.4. The van der Waals surface area contributed by atoms with E-state index in [1.807, 2.05) is 0 Å². The van der Waals surface area contributed by atoms with Gasteiger partial charge in [0.1, 0.15) is 6.54 Å². The summed E-state index contributed by atoms with van der Waals surface area (Å²) in [7, 11) is 0. The van der Waals surface area contributed by atoms with Gasteiger partial charge in [0.05, 0.1) is 0 Å². The average Bonchev–Trinajstić information content (AvgIpc) is 2.70. The zero-order valence-electron chi connectivity index (χ0n) is 19.1. The maximum absolute atomic E-state index is 2.37. The number of nitrogens with zero attached hydrogens (tertiary/aromatic N) is 1. The van der Waals surface area contributed by atoms with Crippen LogP contribution in [0.2, 0.25) is 0 Å². The Kier molecular flexibility index (Phi) is 20.7. The fourth-order valence-electron chi connectivity index (χ4n) is 3.87. The summed E-state index contributed by atoms with van der Waals surface area (Å²) in [5.74, 6) is 0. The van der Waals surface area contributed by atoms with Gasteiger partial charge in [-0.05, 0) is 24.8 Å². The van der Waals surface area contributed by atoms with Crippen LogP contribution in [-0.2, 0) is 13.0 Å². The standard InChI is InChI=1S/C26H48N.ClH/c1-3-5-7-9-11-12-13-15-17-19-23-27-24-21-26(22-25-27)20-18-16-14-10-8-6-4-2;/h21-22,24-25H,3-20,23H2,1-2H3;1H/q+1;/p-1. The van der Waals surface area contributed by atoms with Crippen LogP contribution in [0.5, 0.6) is 0 Å². The zero-order valence-corrected chi connectivity index (χ0v) is 19.8. The van der Waals surface area contributed by atoms with Crippen molar-refractivity contribution >= 4 is 0 Å². The van der Waals surface area contributed by atoms with Crippen LogP contribution in [0.4, 0.5) is 0 Å². The van der Waals surface area contributed by atoms with Crippen molar-refractivity contribution in [1.82, 2.24) is 0 Å². The number of hydrogen-bond donors (Lipinski definition) is 0. The molecular weight excluding hydrogens is 362 g/mol. The molecule has 1 aromatic heterocycles. The van der Waals surface area contributed by atoms with Crippen molar-refractivity contribution in [2.45, 2.75) is 136 Å². The van der Waals surface area contributed by atoms with E-state index in [4.69, 9.17) is 0 Å². The molecule has 0 aliphatic heterocycles. The van der Waals surface area contributed by atoms with Gasteiger partial charge in [0.15, 0.2) is 12.4 Å². The molecule has 0 radical (unpaired) electrons. The Bertz CT molecular complexity index is 415. The summed E-state index contributed by atoms with van der Waals surface area (Å²) in [6, 6.07) is 4.68. The first-order valence-electron chi connectivity index (χ1n) is 12.3. The quantitative estimate of drug-likeness (QED) is 0.218. The summed E-state index contributed by atoms with van der Waals surface area (Å²) in [5.41, 5.74) is 1.52. The highest BCUT2D eigenvalue weighted by molar-refractivity contribution is 5.07. The highest BCUT2D eigenvalue weighted by atomic mass is 35.5. The first-order valence-corrected chi connectivity index (χ1v) is 12.3. The van der Waals surface area contributed by atoms with Gasteiger partial charge >= 0.3 is 0 Å². The number of halogens is 1. The lowest BCUT2D eigenvalue weighted by atomic mass is 10.1. The Labute approximate surface area is 183 Å². The van der Waals surface area contributed by atoms with Crippen LogP contribution in [0.1, 0.15) is 129 Å². The van der Waals surface area contributed by atoms with Crippen LogP contribution in [-0.4, -0.2) is 0 Å². The molecule has 0 unspecified atom stereocenters. The molecule has 0 aliphatic rings. The van der Waals surface area contributed by atoms with Crippen LogP contribution in [0.25, 0.3) is 0 Å². The molecule has 0 N–H and O–H groups in total. The molecule has 0 aromatic carbocycles. The molecule has 0 fully saturated rings. The third-order valence-electron chi connectivity index (χ3n) is 5.80.